The fourth-order valence-corrected chi connectivity index (χ4v) is 4.98. The third kappa shape index (κ3) is 5.99. The molecule has 0 atom stereocenters. The largest absolute Gasteiger partial charge is 0.482 e. The summed E-state index contributed by atoms with van der Waals surface area (Å²) in [5, 5.41) is 8.83. The number of carboxylic acids is 1. The first-order valence-corrected chi connectivity index (χ1v) is 11.3. The fourth-order valence-electron chi connectivity index (χ4n) is 3.49. The van der Waals surface area contributed by atoms with Crippen molar-refractivity contribution in [2.24, 2.45) is 0 Å². The van der Waals surface area contributed by atoms with E-state index in [0.29, 0.717) is 26.1 Å². The predicted octanol–water partition coefficient (Wildman–Crippen LogP) is 3.07. The minimum Gasteiger partial charge on any atom is -0.482 e. The zero-order valence-corrected chi connectivity index (χ0v) is 17.9. The minimum absolute atomic E-state index is 0.0541. The van der Waals surface area contributed by atoms with Crippen molar-refractivity contribution in [2.45, 2.75) is 24.0 Å². The van der Waals surface area contributed by atoms with Crippen LogP contribution in [0.4, 0.5) is 13.2 Å². The first kappa shape index (κ1) is 24.0. The lowest BCUT2D eigenvalue weighted by atomic mass is 10.1. The summed E-state index contributed by atoms with van der Waals surface area (Å²) < 4.78 is 71.8. The average Bonchev–Trinajstić information content (AvgIpc) is 2.99. The Hall–Kier alpha value is -2.63. The molecule has 0 aliphatic carbocycles. The molecule has 2 aromatic carbocycles. The van der Waals surface area contributed by atoms with Crippen LogP contribution in [-0.4, -0.2) is 61.5 Å². The lowest BCUT2D eigenvalue weighted by molar-refractivity contribution is -0.140. The monoisotopic (exact) mass is 472 g/mol. The van der Waals surface area contributed by atoms with Crippen LogP contribution in [0.2, 0.25) is 0 Å². The van der Waals surface area contributed by atoms with Crippen molar-refractivity contribution in [3.63, 3.8) is 0 Å². The van der Waals surface area contributed by atoms with Gasteiger partial charge in [0.05, 0.1) is 10.5 Å². The van der Waals surface area contributed by atoms with Gasteiger partial charge in [-0.2, -0.15) is 17.5 Å². The summed E-state index contributed by atoms with van der Waals surface area (Å²) in [5.74, 6) is -1.19. The summed E-state index contributed by atoms with van der Waals surface area (Å²) in [4.78, 5) is 12.8. The predicted molar refractivity (Wildman–Crippen MR) is 110 cm³/mol. The highest BCUT2D eigenvalue weighted by Gasteiger charge is 2.32. The van der Waals surface area contributed by atoms with Crippen LogP contribution in [0.3, 0.4) is 0 Å². The maximum Gasteiger partial charge on any atom is 0.416 e. The van der Waals surface area contributed by atoms with Crippen molar-refractivity contribution in [3.8, 4) is 5.75 Å². The molecule has 2 aromatic rings. The van der Waals surface area contributed by atoms with E-state index in [4.69, 9.17) is 9.84 Å². The topological polar surface area (TPSA) is 87.2 Å². The summed E-state index contributed by atoms with van der Waals surface area (Å²) >= 11 is 0. The van der Waals surface area contributed by atoms with Gasteiger partial charge in [0.25, 0.3) is 0 Å². The highest BCUT2D eigenvalue weighted by Crippen LogP contribution is 2.33. The number of carboxylic acid groups (broad SMARTS) is 1. The van der Waals surface area contributed by atoms with E-state index in [9.17, 15) is 26.4 Å². The number of ether oxygens (including phenoxy) is 1. The number of carbonyl (C=O) groups is 1. The van der Waals surface area contributed by atoms with E-state index in [-0.39, 0.29) is 29.3 Å². The van der Waals surface area contributed by atoms with Gasteiger partial charge in [0.15, 0.2) is 6.61 Å². The van der Waals surface area contributed by atoms with Crippen LogP contribution in [0.1, 0.15) is 17.5 Å². The molecular formula is C21H23F3N2O5S. The Balaban J connectivity index is 1.76. The summed E-state index contributed by atoms with van der Waals surface area (Å²) in [6, 6.07) is 11.0. The number of alkyl halides is 3. The SMILES string of the molecule is O=C(O)COc1ccc(C(F)(F)F)cc1CN1CCCN(S(=O)(=O)c2ccccc2)CC1. The molecule has 0 spiro atoms. The van der Waals surface area contributed by atoms with Crippen molar-refractivity contribution in [1.82, 2.24) is 9.21 Å². The van der Waals surface area contributed by atoms with Crippen molar-refractivity contribution in [1.29, 1.82) is 0 Å². The van der Waals surface area contributed by atoms with E-state index in [1.54, 1.807) is 18.2 Å². The molecule has 1 aliphatic rings. The van der Waals surface area contributed by atoms with Gasteiger partial charge in [0.2, 0.25) is 10.0 Å². The Morgan fingerprint density at radius 1 is 1.03 bits per heavy atom. The second-order valence-corrected chi connectivity index (χ2v) is 9.29. The number of hydrogen-bond donors (Lipinski definition) is 1. The number of benzene rings is 2. The second kappa shape index (κ2) is 9.88. The molecular weight excluding hydrogens is 449 g/mol. The number of sulfonamides is 1. The zero-order valence-electron chi connectivity index (χ0n) is 17.1. The molecule has 0 bridgehead atoms. The van der Waals surface area contributed by atoms with Crippen LogP contribution in [0.15, 0.2) is 53.4 Å². The first-order chi connectivity index (χ1) is 15.1. The molecule has 0 saturated carbocycles. The van der Waals surface area contributed by atoms with Crippen molar-refractivity contribution in [2.75, 3.05) is 32.8 Å². The smallest absolute Gasteiger partial charge is 0.416 e. The lowest BCUT2D eigenvalue weighted by Crippen LogP contribution is -2.35. The Morgan fingerprint density at radius 3 is 2.41 bits per heavy atom. The summed E-state index contributed by atoms with van der Waals surface area (Å²) in [6.45, 7) is 0.635. The van der Waals surface area contributed by atoms with Crippen LogP contribution < -0.4 is 4.74 Å². The van der Waals surface area contributed by atoms with Gasteiger partial charge in [-0.1, -0.05) is 18.2 Å². The molecule has 1 heterocycles. The van der Waals surface area contributed by atoms with Gasteiger partial charge in [-0.15, -0.1) is 0 Å². The van der Waals surface area contributed by atoms with Crippen molar-refractivity contribution in [3.05, 3.63) is 59.7 Å². The van der Waals surface area contributed by atoms with E-state index in [0.717, 1.165) is 18.2 Å². The molecule has 32 heavy (non-hydrogen) atoms. The lowest BCUT2D eigenvalue weighted by Gasteiger charge is -2.23. The molecule has 0 unspecified atom stereocenters. The van der Waals surface area contributed by atoms with E-state index < -0.39 is 34.3 Å². The second-order valence-electron chi connectivity index (χ2n) is 7.35. The van der Waals surface area contributed by atoms with Gasteiger partial charge in [-0.3, -0.25) is 4.90 Å². The maximum atomic E-state index is 13.2. The third-order valence-corrected chi connectivity index (χ3v) is 6.97. The average molecular weight is 472 g/mol. The molecule has 1 saturated heterocycles. The van der Waals surface area contributed by atoms with Gasteiger partial charge in [-0.05, 0) is 43.3 Å². The van der Waals surface area contributed by atoms with Crippen LogP contribution in [0.5, 0.6) is 5.75 Å². The summed E-state index contributed by atoms with van der Waals surface area (Å²) in [6.07, 6.45) is -4.06. The molecule has 3 rings (SSSR count). The Morgan fingerprint density at radius 2 is 1.75 bits per heavy atom. The van der Waals surface area contributed by atoms with Crippen molar-refractivity contribution >= 4 is 16.0 Å². The van der Waals surface area contributed by atoms with Gasteiger partial charge < -0.3 is 9.84 Å². The van der Waals surface area contributed by atoms with Crippen LogP contribution in [0, 0.1) is 0 Å². The molecule has 174 valence electrons. The Kier molecular flexibility index (Phi) is 7.42. The highest BCUT2D eigenvalue weighted by molar-refractivity contribution is 7.89. The fraction of sp³-hybridized carbons (Fsp3) is 0.381. The zero-order chi connectivity index (χ0) is 23.4. The first-order valence-electron chi connectivity index (χ1n) is 9.89. The molecule has 1 aliphatic heterocycles. The Bertz CT molecular complexity index is 1050. The Labute approximate surface area is 184 Å². The standard InChI is InChI=1S/C21H23F3N2O5S/c22-21(23,24)17-7-8-19(31-15-20(27)28)16(13-17)14-25-9-4-10-26(12-11-25)32(29,30)18-5-2-1-3-6-18/h1-3,5-8,13H,4,9-12,14-15H2,(H,27,28). The number of hydrogen-bond acceptors (Lipinski definition) is 5. The van der Waals surface area contributed by atoms with Crippen LogP contribution in [0.25, 0.3) is 0 Å². The summed E-state index contributed by atoms with van der Waals surface area (Å²) in [7, 11) is -3.67. The van der Waals surface area contributed by atoms with Crippen LogP contribution >= 0.6 is 0 Å². The van der Waals surface area contributed by atoms with E-state index >= 15 is 0 Å². The number of rotatable bonds is 7. The molecule has 1 N–H and O–H groups in total. The van der Waals surface area contributed by atoms with E-state index in [1.165, 1.54) is 16.4 Å². The van der Waals surface area contributed by atoms with E-state index in [1.807, 2.05) is 4.90 Å². The highest BCUT2D eigenvalue weighted by atomic mass is 32.2. The third-order valence-electron chi connectivity index (χ3n) is 5.06. The normalized spacial score (nSPS) is 16.5. The number of aliphatic carboxylic acids is 1. The molecule has 0 amide bonds. The number of nitrogens with zero attached hydrogens (tertiary/aromatic N) is 2. The van der Waals surface area contributed by atoms with E-state index in [2.05, 4.69) is 0 Å². The number of halogens is 3. The minimum atomic E-state index is -4.56. The maximum absolute atomic E-state index is 13.2. The molecule has 7 nitrogen and oxygen atoms in total. The molecule has 11 heteroatoms. The van der Waals surface area contributed by atoms with Gasteiger partial charge in [-0.25, -0.2) is 13.2 Å². The summed E-state index contributed by atoms with van der Waals surface area (Å²) in [5.41, 5.74) is -0.668. The van der Waals surface area contributed by atoms with Gasteiger partial charge in [0, 0.05) is 31.7 Å². The molecule has 0 aromatic heterocycles. The van der Waals surface area contributed by atoms with Crippen LogP contribution in [-0.2, 0) is 27.5 Å². The molecule has 1 fully saturated rings. The van der Waals surface area contributed by atoms with Crippen molar-refractivity contribution < 1.29 is 36.2 Å². The van der Waals surface area contributed by atoms with Gasteiger partial charge >= 0.3 is 12.1 Å². The van der Waals surface area contributed by atoms with Gasteiger partial charge in [0.1, 0.15) is 5.75 Å². The quantitative estimate of drug-likeness (QED) is 0.667. The molecule has 0 radical (unpaired) electrons.